The summed E-state index contributed by atoms with van der Waals surface area (Å²) in [6.45, 7) is 3.72. The van der Waals surface area contributed by atoms with Gasteiger partial charge in [0.25, 0.3) is 11.5 Å². The lowest BCUT2D eigenvalue weighted by molar-refractivity contribution is -0.116. The van der Waals surface area contributed by atoms with Crippen molar-refractivity contribution in [1.82, 2.24) is 4.57 Å². The van der Waals surface area contributed by atoms with Crippen molar-refractivity contribution in [3.05, 3.63) is 56.8 Å². The highest BCUT2D eigenvalue weighted by Gasteiger charge is 2.25. The number of benzene rings is 1. The predicted molar refractivity (Wildman–Crippen MR) is 122 cm³/mol. The number of rotatable bonds is 6. The number of anilines is 1. The molecule has 2 aromatic heterocycles. The van der Waals surface area contributed by atoms with Gasteiger partial charge in [0.15, 0.2) is 0 Å². The number of ether oxygens (including phenoxy) is 1. The normalized spacial score (nSPS) is 13.3. The number of amides is 2. The molecule has 7 nitrogen and oxygen atoms in total. The van der Waals surface area contributed by atoms with Crippen molar-refractivity contribution in [2.75, 3.05) is 5.32 Å². The quantitative estimate of drug-likeness (QED) is 0.614. The van der Waals surface area contributed by atoms with Crippen LogP contribution in [-0.4, -0.2) is 22.5 Å². The molecule has 2 amide bonds. The van der Waals surface area contributed by atoms with Crippen LogP contribution in [0.25, 0.3) is 10.8 Å². The summed E-state index contributed by atoms with van der Waals surface area (Å²) >= 11 is 1.41. The van der Waals surface area contributed by atoms with Gasteiger partial charge in [0, 0.05) is 16.5 Å². The molecule has 3 aromatic rings. The van der Waals surface area contributed by atoms with Crippen LogP contribution in [0.1, 0.15) is 47.5 Å². The first-order chi connectivity index (χ1) is 14.8. The largest absolute Gasteiger partial charge is 0.491 e. The molecule has 0 saturated heterocycles. The molecule has 0 saturated carbocycles. The molecular weight excluding hydrogens is 414 g/mol. The SMILES string of the molecule is CC(C)Oc1ccc2c(=O)n(CC(=O)Nc3sc4c(c3C(N)=O)CCCC4)ccc2c1. The summed E-state index contributed by atoms with van der Waals surface area (Å²) in [5, 5.41) is 4.54. The van der Waals surface area contributed by atoms with E-state index in [1.54, 1.807) is 24.4 Å². The van der Waals surface area contributed by atoms with Gasteiger partial charge in [-0.05, 0) is 74.7 Å². The lowest BCUT2D eigenvalue weighted by Crippen LogP contribution is -2.27. The highest BCUT2D eigenvalue weighted by atomic mass is 32.1. The number of nitrogens with one attached hydrogen (secondary N) is 1. The van der Waals surface area contributed by atoms with Crippen LogP contribution in [0.4, 0.5) is 5.00 Å². The van der Waals surface area contributed by atoms with Crippen LogP contribution >= 0.6 is 11.3 Å². The van der Waals surface area contributed by atoms with E-state index in [0.717, 1.165) is 41.5 Å². The van der Waals surface area contributed by atoms with Crippen LogP contribution in [0.2, 0.25) is 0 Å². The smallest absolute Gasteiger partial charge is 0.258 e. The van der Waals surface area contributed by atoms with Crippen molar-refractivity contribution in [1.29, 1.82) is 0 Å². The van der Waals surface area contributed by atoms with Gasteiger partial charge in [0.1, 0.15) is 17.3 Å². The second-order valence-electron chi connectivity index (χ2n) is 7.99. The number of hydrogen-bond donors (Lipinski definition) is 2. The first-order valence-corrected chi connectivity index (χ1v) is 11.2. The standard InChI is InChI=1S/C23H25N3O4S/c1-13(2)30-15-7-8-16-14(11-15)9-10-26(23(16)29)12-19(27)25-22-20(21(24)28)17-5-3-4-6-18(17)31-22/h7-11,13H,3-6,12H2,1-2H3,(H2,24,28)(H,25,27). The molecule has 0 radical (unpaired) electrons. The number of aromatic nitrogens is 1. The lowest BCUT2D eigenvalue weighted by Gasteiger charge is -2.12. The molecule has 31 heavy (non-hydrogen) atoms. The Balaban J connectivity index is 1.56. The van der Waals surface area contributed by atoms with Gasteiger partial charge >= 0.3 is 0 Å². The molecule has 1 aliphatic carbocycles. The molecule has 0 fully saturated rings. The third kappa shape index (κ3) is 4.34. The minimum atomic E-state index is -0.531. The Hall–Kier alpha value is -3.13. The van der Waals surface area contributed by atoms with E-state index >= 15 is 0 Å². The number of carbonyl (C=O) groups is 2. The van der Waals surface area contributed by atoms with E-state index in [4.69, 9.17) is 10.5 Å². The molecule has 0 bridgehead atoms. The molecule has 0 spiro atoms. The number of primary amides is 1. The first-order valence-electron chi connectivity index (χ1n) is 10.4. The minimum Gasteiger partial charge on any atom is -0.491 e. The molecule has 0 unspecified atom stereocenters. The van der Waals surface area contributed by atoms with Crippen LogP contribution in [0.5, 0.6) is 5.75 Å². The second kappa shape index (κ2) is 8.55. The van der Waals surface area contributed by atoms with E-state index in [-0.39, 0.29) is 24.1 Å². The van der Waals surface area contributed by atoms with E-state index in [9.17, 15) is 14.4 Å². The highest BCUT2D eigenvalue weighted by molar-refractivity contribution is 7.17. The zero-order valence-corrected chi connectivity index (χ0v) is 18.4. The van der Waals surface area contributed by atoms with Crippen LogP contribution in [0.15, 0.2) is 35.3 Å². The number of nitrogens with two attached hydrogens (primary N) is 1. The van der Waals surface area contributed by atoms with Crippen molar-refractivity contribution in [2.24, 2.45) is 5.73 Å². The van der Waals surface area contributed by atoms with E-state index in [1.807, 2.05) is 19.9 Å². The topological polar surface area (TPSA) is 103 Å². The molecule has 0 atom stereocenters. The fourth-order valence-corrected chi connectivity index (χ4v) is 5.28. The van der Waals surface area contributed by atoms with Gasteiger partial charge in [0.2, 0.25) is 5.91 Å². The van der Waals surface area contributed by atoms with E-state index in [2.05, 4.69) is 5.32 Å². The molecule has 162 valence electrons. The van der Waals surface area contributed by atoms with Crippen LogP contribution in [0.3, 0.4) is 0 Å². The zero-order chi connectivity index (χ0) is 22.1. The molecular formula is C23H25N3O4S. The molecule has 1 aromatic carbocycles. The zero-order valence-electron chi connectivity index (χ0n) is 17.6. The third-order valence-corrected chi connectivity index (χ3v) is 6.51. The van der Waals surface area contributed by atoms with Gasteiger partial charge in [-0.15, -0.1) is 11.3 Å². The van der Waals surface area contributed by atoms with Crippen molar-refractivity contribution in [2.45, 2.75) is 52.2 Å². The summed E-state index contributed by atoms with van der Waals surface area (Å²) in [6, 6.07) is 7.07. The average molecular weight is 440 g/mol. The summed E-state index contributed by atoms with van der Waals surface area (Å²) in [7, 11) is 0. The lowest BCUT2D eigenvalue weighted by atomic mass is 9.95. The Labute approximate surface area is 183 Å². The van der Waals surface area contributed by atoms with Crippen molar-refractivity contribution in [3.8, 4) is 5.75 Å². The fourth-order valence-electron chi connectivity index (χ4n) is 3.97. The van der Waals surface area contributed by atoms with Crippen LogP contribution in [0, 0.1) is 0 Å². The van der Waals surface area contributed by atoms with Crippen molar-refractivity contribution >= 4 is 38.9 Å². The maximum atomic E-state index is 12.9. The molecule has 0 aliphatic heterocycles. The molecule has 4 rings (SSSR count). The van der Waals surface area contributed by atoms with Gasteiger partial charge in [-0.2, -0.15) is 0 Å². The Bertz CT molecular complexity index is 1230. The predicted octanol–water partition coefficient (Wildman–Crippen LogP) is 3.47. The number of pyridine rings is 1. The van der Waals surface area contributed by atoms with Gasteiger partial charge in [0.05, 0.1) is 11.7 Å². The second-order valence-corrected chi connectivity index (χ2v) is 9.10. The number of carbonyl (C=O) groups excluding carboxylic acids is 2. The number of fused-ring (bicyclic) bond motifs is 2. The maximum Gasteiger partial charge on any atom is 0.258 e. The Morgan fingerprint density at radius 2 is 2.00 bits per heavy atom. The monoisotopic (exact) mass is 439 g/mol. The maximum absolute atomic E-state index is 12.9. The number of hydrogen-bond acceptors (Lipinski definition) is 5. The van der Waals surface area contributed by atoms with Crippen LogP contribution < -0.4 is 21.3 Å². The molecule has 3 N–H and O–H groups in total. The molecule has 1 aliphatic rings. The fraction of sp³-hybridized carbons (Fsp3) is 0.348. The van der Waals surface area contributed by atoms with E-state index < -0.39 is 5.91 Å². The van der Waals surface area contributed by atoms with Gasteiger partial charge in [-0.1, -0.05) is 0 Å². The first kappa shape index (κ1) is 21.1. The Morgan fingerprint density at radius 3 is 2.74 bits per heavy atom. The van der Waals surface area contributed by atoms with E-state index in [0.29, 0.717) is 21.7 Å². The van der Waals surface area contributed by atoms with Crippen LogP contribution in [-0.2, 0) is 24.2 Å². The van der Waals surface area contributed by atoms with Gasteiger partial charge in [-0.25, -0.2) is 0 Å². The highest BCUT2D eigenvalue weighted by Crippen LogP contribution is 2.37. The van der Waals surface area contributed by atoms with Gasteiger partial charge < -0.3 is 20.4 Å². The third-order valence-electron chi connectivity index (χ3n) is 5.30. The van der Waals surface area contributed by atoms with Crippen molar-refractivity contribution in [3.63, 3.8) is 0 Å². The summed E-state index contributed by atoms with van der Waals surface area (Å²) in [5.74, 6) is -0.211. The Kier molecular flexibility index (Phi) is 5.82. The molecule has 8 heteroatoms. The minimum absolute atomic E-state index is 0.0368. The van der Waals surface area contributed by atoms with E-state index in [1.165, 1.54) is 15.9 Å². The van der Waals surface area contributed by atoms with Gasteiger partial charge in [-0.3, -0.25) is 14.4 Å². The number of aryl methyl sites for hydroxylation is 1. The summed E-state index contributed by atoms with van der Waals surface area (Å²) in [5.41, 5.74) is 6.70. The van der Waals surface area contributed by atoms with Crippen molar-refractivity contribution < 1.29 is 14.3 Å². The summed E-state index contributed by atoms with van der Waals surface area (Å²) < 4.78 is 7.04. The number of nitrogens with zero attached hydrogens (tertiary/aromatic N) is 1. The summed E-state index contributed by atoms with van der Waals surface area (Å²) in [6.07, 6.45) is 5.39. The average Bonchev–Trinajstić information content (AvgIpc) is 3.07. The Morgan fingerprint density at radius 1 is 1.23 bits per heavy atom. The number of thiophene rings is 1. The summed E-state index contributed by atoms with van der Waals surface area (Å²) in [4.78, 5) is 38.7. The molecule has 2 heterocycles.